The highest BCUT2D eigenvalue weighted by molar-refractivity contribution is 5.80. The maximum atomic E-state index is 15.7. The molecule has 0 amide bonds. The first-order chi connectivity index (χ1) is 20.6. The zero-order valence-electron chi connectivity index (χ0n) is 24.4. The van der Waals surface area contributed by atoms with E-state index < -0.39 is 17.5 Å². The lowest BCUT2D eigenvalue weighted by atomic mass is 9.98. The largest absolute Gasteiger partial charge is 0.528 e. The Labute approximate surface area is 248 Å². The SMILES string of the molecule is CCCc1nc(C)c(-c2ccc(OC(C)(C)CO)cc2)c(=O)n1Cc1ccc(-c2ccccc2-c2noc([O-])n2)cc1F. The van der Waals surface area contributed by atoms with Crippen molar-refractivity contribution < 1.29 is 23.9 Å². The van der Waals surface area contributed by atoms with E-state index in [-0.39, 0.29) is 24.5 Å². The molecule has 0 spiro atoms. The van der Waals surface area contributed by atoms with E-state index in [0.717, 1.165) is 6.42 Å². The van der Waals surface area contributed by atoms with Gasteiger partial charge in [0.2, 0.25) is 0 Å². The van der Waals surface area contributed by atoms with Crippen LogP contribution < -0.4 is 15.4 Å². The van der Waals surface area contributed by atoms with Crippen LogP contribution in [0.4, 0.5) is 4.39 Å². The summed E-state index contributed by atoms with van der Waals surface area (Å²) < 4.78 is 27.6. The standard InChI is InChI=1S/C33H33FN4O5/c1-5-8-28-35-20(2)29(21-13-15-24(16-14-21)42-33(3,4)19-39)31(40)38(28)18-23-12-11-22(17-27(23)34)25-9-6-7-10-26(25)30-36-32(41)43-37-30/h6-7,9-17,39H,5,8,18-19H2,1-4H3,(H,36,37,41)/p-1. The van der Waals surface area contributed by atoms with Gasteiger partial charge < -0.3 is 19.5 Å². The Morgan fingerprint density at radius 2 is 1.72 bits per heavy atom. The summed E-state index contributed by atoms with van der Waals surface area (Å²) in [6.45, 7) is 7.21. The fourth-order valence-electron chi connectivity index (χ4n) is 4.93. The van der Waals surface area contributed by atoms with E-state index in [0.29, 0.717) is 57.1 Å². The molecule has 0 unspecified atom stereocenters. The molecule has 0 radical (unpaired) electrons. The van der Waals surface area contributed by atoms with Crippen LogP contribution in [0.2, 0.25) is 0 Å². The van der Waals surface area contributed by atoms with Crippen LogP contribution in [-0.4, -0.2) is 37.0 Å². The van der Waals surface area contributed by atoms with Gasteiger partial charge in [-0.1, -0.05) is 55.5 Å². The van der Waals surface area contributed by atoms with Crippen molar-refractivity contribution >= 4 is 0 Å². The predicted octanol–water partition coefficient (Wildman–Crippen LogP) is 5.30. The van der Waals surface area contributed by atoms with Crippen LogP contribution in [0.1, 0.15) is 44.3 Å². The summed E-state index contributed by atoms with van der Waals surface area (Å²) in [5.74, 6) is 0.774. The van der Waals surface area contributed by atoms with Crippen molar-refractivity contribution in [1.82, 2.24) is 19.7 Å². The fourth-order valence-corrected chi connectivity index (χ4v) is 4.93. The Morgan fingerprint density at radius 3 is 2.35 bits per heavy atom. The van der Waals surface area contributed by atoms with Crippen LogP contribution in [-0.2, 0) is 13.0 Å². The Bertz CT molecular complexity index is 1810. The lowest BCUT2D eigenvalue weighted by molar-refractivity contribution is -0.303. The molecule has 0 bridgehead atoms. The molecule has 5 rings (SSSR count). The van der Waals surface area contributed by atoms with Crippen LogP contribution >= 0.6 is 0 Å². The van der Waals surface area contributed by atoms with Crippen LogP contribution in [0.25, 0.3) is 33.6 Å². The molecule has 222 valence electrons. The summed E-state index contributed by atoms with van der Waals surface area (Å²) in [4.78, 5) is 22.5. The molecule has 10 heteroatoms. The Hall–Kier alpha value is -4.83. The highest BCUT2D eigenvalue weighted by atomic mass is 19.1. The summed E-state index contributed by atoms with van der Waals surface area (Å²) in [6.07, 6.45) is 0.511. The number of aromatic nitrogens is 4. The van der Waals surface area contributed by atoms with Gasteiger partial charge in [-0.15, -0.1) is 0 Å². The number of rotatable bonds is 10. The van der Waals surface area contributed by atoms with Gasteiger partial charge in [-0.2, -0.15) is 5.16 Å². The van der Waals surface area contributed by atoms with Crippen LogP contribution in [0.3, 0.4) is 0 Å². The molecule has 5 aromatic rings. The summed E-state index contributed by atoms with van der Waals surface area (Å²) in [5, 5.41) is 24.7. The third kappa shape index (κ3) is 6.34. The van der Waals surface area contributed by atoms with Crippen LogP contribution in [0.5, 0.6) is 11.8 Å². The number of hydrogen-bond acceptors (Lipinski definition) is 8. The molecular formula is C33H32FN4O5-. The number of halogens is 1. The number of hydrogen-bond donors (Lipinski definition) is 1. The zero-order chi connectivity index (χ0) is 30.7. The number of aliphatic hydroxyl groups excluding tert-OH is 1. The third-order valence-corrected chi connectivity index (χ3v) is 7.09. The van der Waals surface area contributed by atoms with Gasteiger partial charge in [0.05, 0.1) is 24.4 Å². The van der Waals surface area contributed by atoms with Gasteiger partial charge >= 0.3 is 0 Å². The van der Waals surface area contributed by atoms with Gasteiger partial charge in [-0.25, -0.2) is 14.4 Å². The van der Waals surface area contributed by atoms with Gasteiger partial charge in [-0.05, 0) is 62.1 Å². The van der Waals surface area contributed by atoms with Crippen LogP contribution in [0.15, 0.2) is 76.0 Å². The first kappa shape index (κ1) is 29.7. The second-order valence-corrected chi connectivity index (χ2v) is 10.9. The lowest BCUT2D eigenvalue weighted by Crippen LogP contribution is -2.32. The van der Waals surface area contributed by atoms with Gasteiger partial charge in [0, 0.05) is 17.5 Å². The van der Waals surface area contributed by atoms with Crippen LogP contribution in [0, 0.1) is 12.7 Å². The average Bonchev–Trinajstić information content (AvgIpc) is 3.42. The van der Waals surface area contributed by atoms with E-state index in [9.17, 15) is 15.0 Å². The first-order valence-electron chi connectivity index (χ1n) is 14.0. The smallest absolute Gasteiger partial charge is 0.261 e. The molecule has 9 nitrogen and oxygen atoms in total. The number of benzene rings is 3. The Kier molecular flexibility index (Phi) is 8.40. The zero-order valence-corrected chi connectivity index (χ0v) is 24.4. The minimum atomic E-state index is -0.805. The Morgan fingerprint density at radius 1 is 1.02 bits per heavy atom. The molecule has 0 aliphatic heterocycles. The summed E-state index contributed by atoms with van der Waals surface area (Å²) in [5.41, 5.74) is 2.72. The van der Waals surface area contributed by atoms with E-state index in [1.54, 1.807) is 81.4 Å². The van der Waals surface area contributed by atoms with Crippen molar-refractivity contribution in [3.8, 4) is 45.5 Å². The van der Waals surface area contributed by atoms with Crippen molar-refractivity contribution in [3.05, 3.63) is 100.0 Å². The molecular weight excluding hydrogens is 551 g/mol. The predicted molar refractivity (Wildman–Crippen MR) is 158 cm³/mol. The normalized spacial score (nSPS) is 11.6. The molecule has 0 atom stereocenters. The van der Waals surface area contributed by atoms with E-state index in [2.05, 4.69) is 14.7 Å². The second-order valence-electron chi connectivity index (χ2n) is 10.9. The minimum absolute atomic E-state index is 0.00151. The van der Waals surface area contributed by atoms with Crippen molar-refractivity contribution in [1.29, 1.82) is 0 Å². The summed E-state index contributed by atoms with van der Waals surface area (Å²) >= 11 is 0. The van der Waals surface area contributed by atoms with Gasteiger partial charge in [0.15, 0.2) is 11.9 Å². The highest BCUT2D eigenvalue weighted by Gasteiger charge is 2.20. The van der Waals surface area contributed by atoms with Crippen molar-refractivity contribution in [2.45, 2.75) is 52.7 Å². The number of ether oxygens (including phenoxy) is 1. The van der Waals surface area contributed by atoms with Crippen molar-refractivity contribution in [3.63, 3.8) is 0 Å². The average molecular weight is 584 g/mol. The molecule has 0 saturated carbocycles. The quantitative estimate of drug-likeness (QED) is 0.235. The highest BCUT2D eigenvalue weighted by Crippen LogP contribution is 2.32. The molecule has 0 aliphatic carbocycles. The molecule has 43 heavy (non-hydrogen) atoms. The fraction of sp³-hybridized carbons (Fsp3) is 0.273. The summed E-state index contributed by atoms with van der Waals surface area (Å²) in [6, 6.07) is 18.9. The van der Waals surface area contributed by atoms with E-state index in [1.807, 2.05) is 6.92 Å². The van der Waals surface area contributed by atoms with Gasteiger partial charge in [0.25, 0.3) is 5.56 Å². The first-order valence-corrected chi connectivity index (χ1v) is 14.0. The molecule has 0 aliphatic rings. The van der Waals surface area contributed by atoms with E-state index >= 15 is 4.39 Å². The molecule has 1 N–H and O–H groups in total. The van der Waals surface area contributed by atoms with E-state index in [1.165, 1.54) is 10.6 Å². The summed E-state index contributed by atoms with van der Waals surface area (Å²) in [7, 11) is 0. The number of aryl methyl sites for hydroxylation is 2. The maximum absolute atomic E-state index is 15.7. The topological polar surface area (TPSA) is 126 Å². The molecule has 2 aromatic heterocycles. The molecule has 0 fully saturated rings. The molecule has 3 aromatic carbocycles. The molecule has 0 saturated heterocycles. The number of nitrogens with zero attached hydrogens (tertiary/aromatic N) is 4. The number of aliphatic hydroxyl groups is 1. The van der Waals surface area contributed by atoms with Gasteiger partial charge in [-0.3, -0.25) is 9.36 Å². The van der Waals surface area contributed by atoms with Gasteiger partial charge in [0.1, 0.15) is 23.0 Å². The third-order valence-electron chi connectivity index (χ3n) is 7.09. The monoisotopic (exact) mass is 583 g/mol. The maximum Gasteiger partial charge on any atom is 0.261 e. The Balaban J connectivity index is 1.50. The van der Waals surface area contributed by atoms with Crippen molar-refractivity contribution in [2.75, 3.05) is 6.61 Å². The minimum Gasteiger partial charge on any atom is -0.528 e. The lowest BCUT2D eigenvalue weighted by Gasteiger charge is -2.24. The van der Waals surface area contributed by atoms with Crippen molar-refractivity contribution in [2.24, 2.45) is 0 Å². The second kappa shape index (κ2) is 12.2. The van der Waals surface area contributed by atoms with E-state index in [4.69, 9.17) is 9.72 Å². The molecule has 2 heterocycles.